The molecule has 0 radical (unpaired) electrons. The molecule has 0 saturated carbocycles. The van der Waals surface area contributed by atoms with E-state index in [0.29, 0.717) is 19.6 Å². The van der Waals surface area contributed by atoms with Gasteiger partial charge >= 0.3 is 0 Å². The van der Waals surface area contributed by atoms with Gasteiger partial charge in [-0.05, 0) is 0 Å². The Morgan fingerprint density at radius 2 is 2.29 bits per heavy atom. The fourth-order valence-electron chi connectivity index (χ4n) is 1.76. The molecule has 0 aromatic carbocycles. The van der Waals surface area contributed by atoms with Gasteiger partial charge in [0.25, 0.3) is 5.91 Å². The second kappa shape index (κ2) is 4.88. The molecule has 0 aliphatic carbocycles. The van der Waals surface area contributed by atoms with Gasteiger partial charge in [0.2, 0.25) is 5.91 Å². The minimum absolute atomic E-state index is 0.223. The Morgan fingerprint density at radius 1 is 1.47 bits per heavy atom. The summed E-state index contributed by atoms with van der Waals surface area (Å²) in [6.45, 7) is 1.44. The normalized spacial score (nSPS) is 20.0. The number of primary amides is 1. The van der Waals surface area contributed by atoms with Crippen LogP contribution in [-0.4, -0.2) is 52.4 Å². The molecule has 17 heavy (non-hydrogen) atoms. The number of hydrogen-bond acceptors (Lipinski definition) is 5. The molecule has 1 fully saturated rings. The quantitative estimate of drug-likeness (QED) is 0.641. The van der Waals surface area contributed by atoms with E-state index in [1.807, 2.05) is 0 Å². The first kappa shape index (κ1) is 11.5. The number of rotatable bonds is 2. The van der Waals surface area contributed by atoms with Gasteiger partial charge in [-0.2, -0.15) is 0 Å². The maximum absolute atomic E-state index is 12.1. The van der Waals surface area contributed by atoms with Crippen LogP contribution in [0.25, 0.3) is 0 Å². The Labute approximate surface area is 98.0 Å². The molecule has 1 unspecified atom stereocenters. The Hall–Kier alpha value is -2.02. The smallest absolute Gasteiger partial charge is 0.274 e. The number of hydrogen-bond donors (Lipinski definition) is 2. The number of nitrogens with two attached hydrogens (primary N) is 1. The maximum Gasteiger partial charge on any atom is 0.274 e. The van der Waals surface area contributed by atoms with Crippen molar-refractivity contribution in [3.63, 3.8) is 0 Å². The van der Waals surface area contributed by atoms with Crippen molar-refractivity contribution in [1.82, 2.24) is 20.2 Å². The first-order valence-corrected chi connectivity index (χ1v) is 5.27. The highest BCUT2D eigenvalue weighted by atomic mass is 16.2. The van der Waals surface area contributed by atoms with Crippen molar-refractivity contribution in [2.75, 3.05) is 19.6 Å². The lowest BCUT2D eigenvalue weighted by atomic mass is 10.1. The van der Waals surface area contributed by atoms with E-state index < -0.39 is 11.9 Å². The van der Waals surface area contributed by atoms with Crippen LogP contribution in [0.2, 0.25) is 0 Å². The molecule has 1 aromatic rings. The third-order valence-corrected chi connectivity index (χ3v) is 2.61. The number of carbonyl (C=O) groups excluding carboxylic acids is 2. The molecule has 1 aliphatic rings. The van der Waals surface area contributed by atoms with Gasteiger partial charge in [-0.3, -0.25) is 14.6 Å². The first-order valence-electron chi connectivity index (χ1n) is 5.27. The van der Waals surface area contributed by atoms with Crippen LogP contribution in [0.15, 0.2) is 18.6 Å². The standard InChI is InChI=1S/C10H13N5O2/c11-9(16)8-6-13-3-4-15(8)10(17)7-5-12-1-2-14-7/h1-2,5,8,13H,3-4,6H2,(H2,11,16). The molecule has 2 amide bonds. The summed E-state index contributed by atoms with van der Waals surface area (Å²) in [6, 6.07) is -0.627. The van der Waals surface area contributed by atoms with Crippen LogP contribution < -0.4 is 11.1 Å². The Bertz CT molecular complexity index is 422. The SMILES string of the molecule is NC(=O)C1CNCCN1C(=O)c1cnccn1. The number of piperazine rings is 1. The molecule has 7 heteroatoms. The van der Waals surface area contributed by atoms with Gasteiger partial charge in [-0.15, -0.1) is 0 Å². The van der Waals surface area contributed by atoms with Crippen LogP contribution >= 0.6 is 0 Å². The molecule has 1 saturated heterocycles. The number of amides is 2. The van der Waals surface area contributed by atoms with Crippen LogP contribution in [0, 0.1) is 0 Å². The summed E-state index contributed by atoms with van der Waals surface area (Å²) in [5.41, 5.74) is 5.49. The molecular formula is C10H13N5O2. The molecule has 1 atom stereocenters. The summed E-state index contributed by atoms with van der Waals surface area (Å²) in [7, 11) is 0. The van der Waals surface area contributed by atoms with E-state index in [2.05, 4.69) is 15.3 Å². The molecule has 7 nitrogen and oxygen atoms in total. The molecule has 0 bridgehead atoms. The third-order valence-electron chi connectivity index (χ3n) is 2.61. The van der Waals surface area contributed by atoms with Crippen molar-refractivity contribution in [3.05, 3.63) is 24.3 Å². The van der Waals surface area contributed by atoms with Gasteiger partial charge < -0.3 is 16.0 Å². The van der Waals surface area contributed by atoms with E-state index in [0.717, 1.165) is 0 Å². The average Bonchev–Trinajstić information content (AvgIpc) is 2.39. The number of aromatic nitrogens is 2. The van der Waals surface area contributed by atoms with E-state index in [1.54, 1.807) is 0 Å². The second-order valence-electron chi connectivity index (χ2n) is 3.71. The molecule has 1 aromatic heterocycles. The summed E-state index contributed by atoms with van der Waals surface area (Å²) >= 11 is 0. The molecule has 0 spiro atoms. The maximum atomic E-state index is 12.1. The molecular weight excluding hydrogens is 222 g/mol. The van der Waals surface area contributed by atoms with Gasteiger partial charge in [0.05, 0.1) is 6.20 Å². The molecule has 2 rings (SSSR count). The summed E-state index contributed by atoms with van der Waals surface area (Å²) in [4.78, 5) is 32.5. The molecule has 90 valence electrons. The minimum atomic E-state index is -0.627. The van der Waals surface area contributed by atoms with Crippen molar-refractivity contribution < 1.29 is 9.59 Å². The minimum Gasteiger partial charge on any atom is -0.368 e. The number of nitrogens with one attached hydrogen (secondary N) is 1. The van der Waals surface area contributed by atoms with Crippen LogP contribution in [-0.2, 0) is 4.79 Å². The van der Waals surface area contributed by atoms with E-state index in [-0.39, 0.29) is 11.6 Å². The van der Waals surface area contributed by atoms with Crippen LogP contribution in [0.5, 0.6) is 0 Å². The van der Waals surface area contributed by atoms with Crippen molar-refractivity contribution in [1.29, 1.82) is 0 Å². The highest BCUT2D eigenvalue weighted by Crippen LogP contribution is 2.07. The zero-order valence-corrected chi connectivity index (χ0v) is 9.17. The van der Waals surface area contributed by atoms with Crippen molar-refractivity contribution in [2.24, 2.45) is 5.73 Å². The van der Waals surface area contributed by atoms with E-state index in [4.69, 9.17) is 5.73 Å². The lowest BCUT2D eigenvalue weighted by Gasteiger charge is -2.33. The van der Waals surface area contributed by atoms with Crippen LogP contribution in [0.3, 0.4) is 0 Å². The number of nitrogens with zero attached hydrogens (tertiary/aromatic N) is 3. The zero-order chi connectivity index (χ0) is 12.3. The lowest BCUT2D eigenvalue weighted by molar-refractivity contribution is -0.122. The first-order chi connectivity index (χ1) is 8.20. The van der Waals surface area contributed by atoms with Gasteiger partial charge in [0.15, 0.2) is 0 Å². The predicted octanol–water partition coefficient (Wildman–Crippen LogP) is -1.62. The third kappa shape index (κ3) is 2.39. The fourth-order valence-corrected chi connectivity index (χ4v) is 1.76. The van der Waals surface area contributed by atoms with Crippen molar-refractivity contribution in [3.8, 4) is 0 Å². The summed E-state index contributed by atoms with van der Waals surface area (Å²) < 4.78 is 0. The summed E-state index contributed by atoms with van der Waals surface area (Å²) in [5.74, 6) is -0.835. The van der Waals surface area contributed by atoms with E-state index in [9.17, 15) is 9.59 Å². The molecule has 3 N–H and O–H groups in total. The largest absolute Gasteiger partial charge is 0.368 e. The Balaban J connectivity index is 2.20. The highest BCUT2D eigenvalue weighted by molar-refractivity contribution is 5.95. The summed E-state index contributed by atoms with van der Waals surface area (Å²) in [5, 5.41) is 3.02. The van der Waals surface area contributed by atoms with Crippen molar-refractivity contribution in [2.45, 2.75) is 6.04 Å². The van der Waals surface area contributed by atoms with Crippen molar-refractivity contribution >= 4 is 11.8 Å². The van der Waals surface area contributed by atoms with Gasteiger partial charge in [0, 0.05) is 32.0 Å². The molecule has 2 heterocycles. The Kier molecular flexibility index (Phi) is 3.29. The van der Waals surface area contributed by atoms with E-state index >= 15 is 0 Å². The highest BCUT2D eigenvalue weighted by Gasteiger charge is 2.31. The predicted molar refractivity (Wildman–Crippen MR) is 58.9 cm³/mol. The van der Waals surface area contributed by atoms with Gasteiger partial charge in [0.1, 0.15) is 11.7 Å². The van der Waals surface area contributed by atoms with Crippen LogP contribution in [0.4, 0.5) is 0 Å². The Morgan fingerprint density at radius 3 is 2.94 bits per heavy atom. The topological polar surface area (TPSA) is 101 Å². The average molecular weight is 235 g/mol. The monoisotopic (exact) mass is 235 g/mol. The fraction of sp³-hybridized carbons (Fsp3) is 0.400. The second-order valence-corrected chi connectivity index (χ2v) is 3.71. The van der Waals surface area contributed by atoms with Crippen LogP contribution in [0.1, 0.15) is 10.5 Å². The summed E-state index contributed by atoms with van der Waals surface area (Å²) in [6.07, 6.45) is 4.30. The lowest BCUT2D eigenvalue weighted by Crippen LogP contribution is -2.58. The zero-order valence-electron chi connectivity index (χ0n) is 9.17. The van der Waals surface area contributed by atoms with E-state index in [1.165, 1.54) is 23.5 Å². The molecule has 1 aliphatic heterocycles. The van der Waals surface area contributed by atoms with Gasteiger partial charge in [-0.25, -0.2) is 4.98 Å². The number of carbonyl (C=O) groups is 2. The van der Waals surface area contributed by atoms with Gasteiger partial charge in [-0.1, -0.05) is 0 Å².